The molecule has 1 aromatic heterocycles. The van der Waals surface area contributed by atoms with E-state index in [2.05, 4.69) is 6.92 Å². The van der Waals surface area contributed by atoms with E-state index >= 15 is 0 Å². The van der Waals surface area contributed by atoms with Crippen molar-refractivity contribution < 1.29 is 14.3 Å². The fraction of sp³-hybridized carbons (Fsp3) is 0.450. The zero-order valence-corrected chi connectivity index (χ0v) is 17.0. The van der Waals surface area contributed by atoms with Gasteiger partial charge in [-0.05, 0) is 54.7 Å². The van der Waals surface area contributed by atoms with Gasteiger partial charge in [0, 0.05) is 24.0 Å². The Morgan fingerprint density at radius 3 is 2.78 bits per heavy atom. The summed E-state index contributed by atoms with van der Waals surface area (Å²) in [5, 5.41) is 0. The van der Waals surface area contributed by atoms with Gasteiger partial charge in [0.1, 0.15) is 13.2 Å². The zero-order chi connectivity index (χ0) is 18.1. The molecule has 2 atom stereocenters. The van der Waals surface area contributed by atoms with E-state index in [4.69, 9.17) is 15.2 Å². The van der Waals surface area contributed by atoms with Crippen LogP contribution >= 0.6 is 23.7 Å². The summed E-state index contributed by atoms with van der Waals surface area (Å²) in [5.74, 6) is 2.27. The standard InChI is InChI=1S/C20H24N2O3S.ClH/c1-13-6-7-22(15(10-13)12-21)20(23)19-5-4-18(26-19)14-2-3-16-17(11-14)25-9-8-24-16;/h2-5,11,13,15H,6-10,12,21H2,1H3;1H. The molecule has 0 aliphatic carbocycles. The van der Waals surface area contributed by atoms with Crippen molar-refractivity contribution in [1.82, 2.24) is 4.90 Å². The van der Waals surface area contributed by atoms with Crippen LogP contribution < -0.4 is 15.2 Å². The second-order valence-electron chi connectivity index (χ2n) is 7.04. The quantitative estimate of drug-likeness (QED) is 0.838. The molecular weight excluding hydrogens is 384 g/mol. The lowest BCUT2D eigenvalue weighted by Gasteiger charge is -2.37. The third kappa shape index (κ3) is 4.08. The number of thiophene rings is 1. The van der Waals surface area contributed by atoms with E-state index < -0.39 is 0 Å². The van der Waals surface area contributed by atoms with Gasteiger partial charge < -0.3 is 20.1 Å². The van der Waals surface area contributed by atoms with E-state index in [1.807, 2.05) is 35.2 Å². The summed E-state index contributed by atoms with van der Waals surface area (Å²) in [6, 6.07) is 10.0. The van der Waals surface area contributed by atoms with Gasteiger partial charge in [0.2, 0.25) is 0 Å². The number of halogens is 1. The second kappa shape index (κ2) is 8.50. The van der Waals surface area contributed by atoms with Crippen LogP contribution in [-0.2, 0) is 0 Å². The van der Waals surface area contributed by atoms with Crippen LogP contribution in [0.1, 0.15) is 29.4 Å². The van der Waals surface area contributed by atoms with Crippen molar-refractivity contribution in [2.45, 2.75) is 25.8 Å². The van der Waals surface area contributed by atoms with Crippen molar-refractivity contribution in [2.75, 3.05) is 26.3 Å². The lowest BCUT2D eigenvalue weighted by Crippen LogP contribution is -2.49. The molecule has 7 heteroatoms. The minimum atomic E-state index is 0. The fourth-order valence-electron chi connectivity index (χ4n) is 3.69. The summed E-state index contributed by atoms with van der Waals surface area (Å²) >= 11 is 1.52. The Labute approximate surface area is 169 Å². The molecule has 2 aliphatic heterocycles. The average molecular weight is 409 g/mol. The number of carbonyl (C=O) groups excluding carboxylic acids is 1. The number of hydrogen-bond acceptors (Lipinski definition) is 5. The molecule has 2 aromatic rings. The van der Waals surface area contributed by atoms with Crippen molar-refractivity contribution >= 4 is 29.7 Å². The first-order valence-corrected chi connectivity index (χ1v) is 9.98. The van der Waals surface area contributed by atoms with E-state index in [1.54, 1.807) is 0 Å². The Kier molecular flexibility index (Phi) is 6.29. The highest BCUT2D eigenvalue weighted by Gasteiger charge is 2.30. The van der Waals surface area contributed by atoms with Crippen LogP contribution in [0.2, 0.25) is 0 Å². The minimum absolute atomic E-state index is 0. The van der Waals surface area contributed by atoms with Crippen LogP contribution in [0.5, 0.6) is 11.5 Å². The van der Waals surface area contributed by atoms with Crippen molar-refractivity contribution in [2.24, 2.45) is 11.7 Å². The Balaban J connectivity index is 0.00000210. The number of fused-ring (bicyclic) bond motifs is 1. The molecule has 2 aliphatic rings. The number of hydrogen-bond donors (Lipinski definition) is 1. The van der Waals surface area contributed by atoms with Crippen LogP contribution in [0.3, 0.4) is 0 Å². The largest absolute Gasteiger partial charge is 0.486 e. The number of carbonyl (C=O) groups is 1. The highest BCUT2D eigenvalue weighted by Crippen LogP contribution is 2.37. The van der Waals surface area contributed by atoms with Crippen LogP contribution in [0.25, 0.3) is 10.4 Å². The van der Waals surface area contributed by atoms with Crippen molar-refractivity contribution in [3.05, 3.63) is 35.2 Å². The molecule has 0 saturated carbocycles. The zero-order valence-electron chi connectivity index (χ0n) is 15.3. The van der Waals surface area contributed by atoms with Crippen molar-refractivity contribution in [3.8, 4) is 21.9 Å². The van der Waals surface area contributed by atoms with E-state index in [9.17, 15) is 4.79 Å². The first kappa shape index (κ1) is 20.0. The summed E-state index contributed by atoms with van der Waals surface area (Å²) in [7, 11) is 0. The van der Waals surface area contributed by atoms with Gasteiger partial charge in [0.25, 0.3) is 5.91 Å². The summed E-state index contributed by atoms with van der Waals surface area (Å²) in [4.78, 5) is 16.8. The van der Waals surface area contributed by atoms with E-state index in [0.29, 0.717) is 25.7 Å². The molecule has 3 heterocycles. The molecule has 1 saturated heterocycles. The molecular formula is C20H25ClN2O3S. The lowest BCUT2D eigenvalue weighted by molar-refractivity contribution is 0.0578. The van der Waals surface area contributed by atoms with Gasteiger partial charge in [-0.25, -0.2) is 0 Å². The molecule has 1 fully saturated rings. The average Bonchev–Trinajstić information content (AvgIpc) is 3.17. The predicted molar refractivity (Wildman–Crippen MR) is 110 cm³/mol. The summed E-state index contributed by atoms with van der Waals surface area (Å²) < 4.78 is 11.2. The van der Waals surface area contributed by atoms with E-state index in [-0.39, 0.29) is 24.4 Å². The maximum absolute atomic E-state index is 13.0. The Morgan fingerprint density at radius 2 is 2.00 bits per heavy atom. The molecule has 0 spiro atoms. The number of nitrogens with two attached hydrogens (primary N) is 1. The van der Waals surface area contributed by atoms with Gasteiger partial charge in [0.15, 0.2) is 11.5 Å². The first-order valence-electron chi connectivity index (χ1n) is 9.16. The third-order valence-corrected chi connectivity index (χ3v) is 6.28. The summed E-state index contributed by atoms with van der Waals surface area (Å²) in [6.07, 6.45) is 2.03. The molecule has 0 bridgehead atoms. The maximum Gasteiger partial charge on any atom is 0.264 e. The van der Waals surface area contributed by atoms with Crippen LogP contribution in [-0.4, -0.2) is 43.2 Å². The first-order chi connectivity index (χ1) is 12.7. The molecule has 1 aromatic carbocycles. The smallest absolute Gasteiger partial charge is 0.264 e. The van der Waals surface area contributed by atoms with E-state index in [1.165, 1.54) is 11.3 Å². The van der Waals surface area contributed by atoms with Crippen LogP contribution in [0.15, 0.2) is 30.3 Å². The normalized spacial score (nSPS) is 21.5. The molecule has 146 valence electrons. The highest BCUT2D eigenvalue weighted by molar-refractivity contribution is 7.17. The third-order valence-electron chi connectivity index (χ3n) is 5.15. The molecule has 27 heavy (non-hydrogen) atoms. The van der Waals surface area contributed by atoms with Gasteiger partial charge in [-0.15, -0.1) is 23.7 Å². The van der Waals surface area contributed by atoms with Gasteiger partial charge >= 0.3 is 0 Å². The highest BCUT2D eigenvalue weighted by atomic mass is 35.5. The predicted octanol–water partition coefficient (Wildman–Crippen LogP) is 3.81. The van der Waals surface area contributed by atoms with Gasteiger partial charge in [-0.2, -0.15) is 0 Å². The number of ether oxygens (including phenoxy) is 2. The molecule has 1 amide bonds. The number of amides is 1. The SMILES string of the molecule is CC1CCN(C(=O)c2ccc(-c3ccc4c(c3)OCCO4)s2)C(CN)C1.Cl. The van der Waals surface area contributed by atoms with Crippen LogP contribution in [0, 0.1) is 5.92 Å². The van der Waals surface area contributed by atoms with Gasteiger partial charge in [0.05, 0.1) is 4.88 Å². The Morgan fingerprint density at radius 1 is 1.22 bits per heavy atom. The summed E-state index contributed by atoms with van der Waals surface area (Å²) in [6.45, 7) is 4.70. The van der Waals surface area contributed by atoms with Gasteiger partial charge in [-0.3, -0.25) is 4.79 Å². The van der Waals surface area contributed by atoms with Crippen molar-refractivity contribution in [3.63, 3.8) is 0 Å². The Bertz CT molecular complexity index is 810. The summed E-state index contributed by atoms with van der Waals surface area (Å²) in [5.41, 5.74) is 6.96. The maximum atomic E-state index is 13.0. The lowest BCUT2D eigenvalue weighted by atomic mass is 9.92. The number of rotatable bonds is 3. The molecule has 2 unspecified atom stereocenters. The topological polar surface area (TPSA) is 64.8 Å². The minimum Gasteiger partial charge on any atom is -0.486 e. The number of piperidine rings is 1. The molecule has 5 nitrogen and oxygen atoms in total. The molecule has 2 N–H and O–H groups in total. The van der Waals surface area contributed by atoms with Gasteiger partial charge in [-0.1, -0.05) is 6.92 Å². The van der Waals surface area contributed by atoms with E-state index in [0.717, 1.165) is 46.2 Å². The number of likely N-dealkylation sites (tertiary alicyclic amines) is 1. The fourth-order valence-corrected chi connectivity index (χ4v) is 4.65. The number of nitrogens with zero attached hydrogens (tertiary/aromatic N) is 1. The monoisotopic (exact) mass is 408 g/mol. The van der Waals surface area contributed by atoms with Crippen LogP contribution in [0.4, 0.5) is 0 Å². The molecule has 4 rings (SSSR count). The Hall–Kier alpha value is -1.76. The molecule has 0 radical (unpaired) electrons. The number of benzene rings is 1. The second-order valence-corrected chi connectivity index (χ2v) is 8.12. The van der Waals surface area contributed by atoms with Crippen molar-refractivity contribution in [1.29, 1.82) is 0 Å².